The van der Waals surface area contributed by atoms with Crippen LogP contribution < -0.4 is 0 Å². The molecule has 1 aliphatic heterocycles. The van der Waals surface area contributed by atoms with Gasteiger partial charge in [0.1, 0.15) is 12.0 Å². The number of nitrogens with zero attached hydrogens (tertiary/aromatic N) is 3. The number of aromatic nitrogens is 3. The van der Waals surface area contributed by atoms with Gasteiger partial charge in [-0.3, -0.25) is 0 Å². The van der Waals surface area contributed by atoms with Crippen LogP contribution in [0, 0.1) is 0 Å². The Bertz CT molecular complexity index is 518. The van der Waals surface area contributed by atoms with Crippen LogP contribution in [-0.2, 0) is 4.74 Å². The molecule has 16 heavy (non-hydrogen) atoms. The van der Waals surface area contributed by atoms with Crippen LogP contribution in [0.25, 0.3) is 11.0 Å². The topological polar surface area (TPSA) is 39.9 Å². The Morgan fingerprint density at radius 1 is 1.50 bits per heavy atom. The molecule has 0 amide bonds. The average Bonchev–Trinajstić information content (AvgIpc) is 2.81. The minimum absolute atomic E-state index is 0.114. The van der Waals surface area contributed by atoms with Crippen molar-refractivity contribution in [1.29, 1.82) is 0 Å². The third kappa shape index (κ3) is 1.33. The van der Waals surface area contributed by atoms with Gasteiger partial charge in [0.15, 0.2) is 0 Å². The van der Waals surface area contributed by atoms with Gasteiger partial charge in [-0.1, -0.05) is 0 Å². The highest BCUT2D eigenvalue weighted by Crippen LogP contribution is 2.37. The summed E-state index contributed by atoms with van der Waals surface area (Å²) < 4.78 is 7.97. The maximum Gasteiger partial charge on any atom is 0.143 e. The fourth-order valence-corrected chi connectivity index (χ4v) is 2.50. The van der Waals surface area contributed by atoms with Crippen molar-refractivity contribution < 1.29 is 4.74 Å². The van der Waals surface area contributed by atoms with Gasteiger partial charge in [0.2, 0.25) is 0 Å². The molecule has 0 N–H and O–H groups in total. The lowest BCUT2D eigenvalue weighted by Gasteiger charge is -2.27. The summed E-state index contributed by atoms with van der Waals surface area (Å²) in [4.78, 5) is 8.38. The molecule has 0 bridgehead atoms. The number of rotatable bonds is 1. The summed E-state index contributed by atoms with van der Waals surface area (Å²) in [5.74, 6) is 0. The predicted molar refractivity (Wildman–Crippen MR) is 61.2 cm³/mol. The Hall–Kier alpha value is -1.42. The molecule has 2 aromatic heterocycles. The molecule has 0 aromatic carbocycles. The summed E-state index contributed by atoms with van der Waals surface area (Å²) in [6, 6.07) is 2.42. The number of fused-ring (bicyclic) bond motifs is 1. The van der Waals surface area contributed by atoms with Gasteiger partial charge in [0.25, 0.3) is 0 Å². The van der Waals surface area contributed by atoms with Gasteiger partial charge < -0.3 is 9.30 Å². The normalized spacial score (nSPS) is 24.0. The lowest BCUT2D eigenvalue weighted by Crippen LogP contribution is -2.29. The lowest BCUT2D eigenvalue weighted by atomic mass is 9.99. The molecule has 0 aliphatic carbocycles. The van der Waals surface area contributed by atoms with E-state index in [1.807, 2.05) is 6.20 Å². The second-order valence-corrected chi connectivity index (χ2v) is 4.78. The van der Waals surface area contributed by atoms with Crippen molar-refractivity contribution in [2.24, 2.45) is 0 Å². The molecule has 0 spiro atoms. The standard InChI is InChI=1S/C12H15N3O/c1-12(2)10(4-6-16-12)15-5-3-9-7-13-8-14-11(9)15/h3,5,7-8,10H,4,6H2,1-2H3. The van der Waals surface area contributed by atoms with Crippen molar-refractivity contribution in [2.75, 3.05) is 6.61 Å². The van der Waals surface area contributed by atoms with E-state index in [9.17, 15) is 0 Å². The molecule has 1 aliphatic rings. The average molecular weight is 217 g/mol. The van der Waals surface area contributed by atoms with Gasteiger partial charge in [-0.25, -0.2) is 9.97 Å². The van der Waals surface area contributed by atoms with Gasteiger partial charge in [-0.05, 0) is 26.3 Å². The smallest absolute Gasteiger partial charge is 0.143 e. The summed E-state index contributed by atoms with van der Waals surface area (Å²) in [5.41, 5.74) is 0.884. The molecule has 3 rings (SSSR count). The third-order valence-corrected chi connectivity index (χ3v) is 3.38. The van der Waals surface area contributed by atoms with Gasteiger partial charge in [-0.2, -0.15) is 0 Å². The second-order valence-electron chi connectivity index (χ2n) is 4.78. The van der Waals surface area contributed by atoms with Crippen molar-refractivity contribution in [2.45, 2.75) is 31.9 Å². The van der Waals surface area contributed by atoms with Crippen LogP contribution in [0.4, 0.5) is 0 Å². The highest BCUT2D eigenvalue weighted by Gasteiger charge is 2.37. The summed E-state index contributed by atoms with van der Waals surface area (Å²) in [7, 11) is 0. The summed E-state index contributed by atoms with van der Waals surface area (Å²) in [6.45, 7) is 5.10. The maximum absolute atomic E-state index is 5.76. The van der Waals surface area contributed by atoms with Gasteiger partial charge in [0, 0.05) is 24.4 Å². The molecule has 0 saturated carbocycles. The van der Waals surface area contributed by atoms with E-state index in [2.05, 4.69) is 40.6 Å². The summed E-state index contributed by atoms with van der Waals surface area (Å²) >= 11 is 0. The molecular formula is C12H15N3O. The van der Waals surface area contributed by atoms with Crippen molar-refractivity contribution in [3.8, 4) is 0 Å². The van der Waals surface area contributed by atoms with E-state index in [1.54, 1.807) is 6.33 Å². The second kappa shape index (κ2) is 3.28. The first-order valence-corrected chi connectivity index (χ1v) is 5.59. The highest BCUT2D eigenvalue weighted by atomic mass is 16.5. The minimum atomic E-state index is -0.114. The van der Waals surface area contributed by atoms with Crippen LogP contribution >= 0.6 is 0 Å². The molecule has 1 saturated heterocycles. The van der Waals surface area contributed by atoms with E-state index < -0.39 is 0 Å². The first-order valence-electron chi connectivity index (χ1n) is 5.59. The first kappa shape index (κ1) is 9.78. The highest BCUT2D eigenvalue weighted by molar-refractivity contribution is 5.74. The first-order chi connectivity index (χ1) is 7.68. The number of hydrogen-bond acceptors (Lipinski definition) is 3. The van der Waals surface area contributed by atoms with Crippen LogP contribution in [0.2, 0.25) is 0 Å². The zero-order valence-corrected chi connectivity index (χ0v) is 9.55. The zero-order valence-electron chi connectivity index (χ0n) is 9.55. The number of ether oxygens (including phenoxy) is 1. The van der Waals surface area contributed by atoms with Crippen LogP contribution in [0.1, 0.15) is 26.3 Å². The predicted octanol–water partition coefficient (Wildman–Crippen LogP) is 2.17. The molecule has 3 heterocycles. The minimum Gasteiger partial charge on any atom is -0.373 e. The quantitative estimate of drug-likeness (QED) is 0.735. The lowest BCUT2D eigenvalue weighted by molar-refractivity contribution is 0.0151. The molecule has 84 valence electrons. The fourth-order valence-electron chi connectivity index (χ4n) is 2.50. The number of hydrogen-bond donors (Lipinski definition) is 0. The molecule has 4 nitrogen and oxygen atoms in total. The van der Waals surface area contributed by atoms with Crippen LogP contribution in [0.5, 0.6) is 0 Å². The van der Waals surface area contributed by atoms with E-state index in [-0.39, 0.29) is 5.60 Å². The van der Waals surface area contributed by atoms with Crippen molar-refractivity contribution in [3.63, 3.8) is 0 Å². The van der Waals surface area contributed by atoms with E-state index in [0.717, 1.165) is 24.1 Å². The third-order valence-electron chi connectivity index (χ3n) is 3.38. The zero-order chi connectivity index (χ0) is 11.2. The largest absolute Gasteiger partial charge is 0.373 e. The molecule has 0 radical (unpaired) electrons. The van der Waals surface area contributed by atoms with Crippen LogP contribution in [-0.4, -0.2) is 26.7 Å². The molecule has 4 heteroatoms. The van der Waals surface area contributed by atoms with E-state index in [1.165, 1.54) is 0 Å². The fraction of sp³-hybridized carbons (Fsp3) is 0.500. The summed E-state index contributed by atoms with van der Waals surface area (Å²) in [6.07, 6.45) is 6.57. The van der Waals surface area contributed by atoms with E-state index in [4.69, 9.17) is 4.74 Å². The Kier molecular flexibility index (Phi) is 2.01. The maximum atomic E-state index is 5.76. The van der Waals surface area contributed by atoms with Crippen molar-refractivity contribution in [3.05, 3.63) is 24.8 Å². The Balaban J connectivity index is 2.12. The summed E-state index contributed by atoms with van der Waals surface area (Å²) in [5, 5.41) is 1.09. The van der Waals surface area contributed by atoms with E-state index in [0.29, 0.717) is 6.04 Å². The Morgan fingerprint density at radius 2 is 2.38 bits per heavy atom. The van der Waals surface area contributed by atoms with Crippen LogP contribution in [0.3, 0.4) is 0 Å². The van der Waals surface area contributed by atoms with E-state index >= 15 is 0 Å². The monoisotopic (exact) mass is 217 g/mol. The van der Waals surface area contributed by atoms with Gasteiger partial charge >= 0.3 is 0 Å². The van der Waals surface area contributed by atoms with Crippen LogP contribution in [0.15, 0.2) is 24.8 Å². The van der Waals surface area contributed by atoms with Gasteiger partial charge in [-0.15, -0.1) is 0 Å². The Labute approximate surface area is 94.3 Å². The molecule has 1 unspecified atom stereocenters. The van der Waals surface area contributed by atoms with Crippen molar-refractivity contribution in [1.82, 2.24) is 14.5 Å². The molecule has 1 fully saturated rings. The molecule has 2 aromatic rings. The van der Waals surface area contributed by atoms with Gasteiger partial charge in [0.05, 0.1) is 11.6 Å². The molecule has 1 atom stereocenters. The Morgan fingerprint density at radius 3 is 3.12 bits per heavy atom. The molecular weight excluding hydrogens is 202 g/mol. The van der Waals surface area contributed by atoms with Crippen molar-refractivity contribution >= 4 is 11.0 Å². The SMILES string of the molecule is CC1(C)OCCC1n1ccc2cncnc21.